The van der Waals surface area contributed by atoms with Gasteiger partial charge in [0.05, 0.1) is 0 Å². The first-order valence-electron chi connectivity index (χ1n) is 9.07. The van der Waals surface area contributed by atoms with Crippen LogP contribution in [0.2, 0.25) is 0 Å². The Morgan fingerprint density at radius 3 is 2.39 bits per heavy atom. The number of hydrogen-bond acceptors (Lipinski definition) is 5. The molecule has 0 aliphatic heterocycles. The Morgan fingerprint density at radius 2 is 1.74 bits per heavy atom. The maximum atomic E-state index is 12.5. The fourth-order valence-electron chi connectivity index (χ4n) is 2.58. The molecule has 0 heterocycles. The van der Waals surface area contributed by atoms with Gasteiger partial charge in [0.25, 0.3) is 5.91 Å². The number of carbonyl (C=O) groups excluding carboxylic acids is 1. The number of anilines is 1. The minimum Gasteiger partial charge on any atom is -0.379 e. The normalized spacial score (nSPS) is 11.5. The number of rotatable bonds is 6. The van der Waals surface area contributed by atoms with Gasteiger partial charge in [-0.25, -0.2) is 0 Å². The van der Waals surface area contributed by atoms with E-state index in [1.54, 1.807) is 36.4 Å². The molecular formula is C23H17IN2O4S. The van der Waals surface area contributed by atoms with Gasteiger partial charge < -0.3 is 9.50 Å². The van der Waals surface area contributed by atoms with Gasteiger partial charge >= 0.3 is 10.1 Å². The zero-order chi connectivity index (χ0) is 22.4. The van der Waals surface area contributed by atoms with Gasteiger partial charge in [0.2, 0.25) is 0 Å². The third-order valence-electron chi connectivity index (χ3n) is 4.15. The number of hydrogen-bond donors (Lipinski definition) is 1. The highest BCUT2D eigenvalue weighted by Crippen LogP contribution is 2.22. The van der Waals surface area contributed by atoms with E-state index in [0.717, 1.165) is 9.13 Å². The Hall–Kier alpha value is -3.16. The van der Waals surface area contributed by atoms with Gasteiger partial charge in [0, 0.05) is 9.26 Å². The number of nitrogens with one attached hydrogen (secondary N) is 1. The molecule has 0 saturated heterocycles. The third-order valence-corrected chi connectivity index (χ3v) is 6.13. The summed E-state index contributed by atoms with van der Waals surface area (Å²) >= 11 is 2.15. The van der Waals surface area contributed by atoms with Crippen molar-refractivity contribution >= 4 is 50.4 Å². The molecular weight excluding hydrogens is 527 g/mol. The minimum atomic E-state index is -4.01. The number of nitriles is 1. The van der Waals surface area contributed by atoms with Gasteiger partial charge in [0.1, 0.15) is 22.3 Å². The van der Waals surface area contributed by atoms with Crippen LogP contribution < -0.4 is 9.50 Å². The molecule has 0 bridgehead atoms. The summed E-state index contributed by atoms with van der Waals surface area (Å²) in [4.78, 5) is 12.5. The van der Waals surface area contributed by atoms with Crippen LogP contribution in [0.3, 0.4) is 0 Å². The molecule has 0 spiro atoms. The van der Waals surface area contributed by atoms with Gasteiger partial charge in [-0.1, -0.05) is 29.8 Å². The fraction of sp³-hybridized carbons (Fsp3) is 0.0435. The summed E-state index contributed by atoms with van der Waals surface area (Å²) in [6, 6.07) is 21.5. The lowest BCUT2D eigenvalue weighted by atomic mass is 10.1. The summed E-state index contributed by atoms with van der Waals surface area (Å²) in [7, 11) is -4.01. The molecule has 0 radical (unpaired) electrons. The number of halogens is 1. The Labute approximate surface area is 194 Å². The van der Waals surface area contributed by atoms with Gasteiger partial charge in [0.15, 0.2) is 0 Å². The van der Waals surface area contributed by atoms with E-state index in [-0.39, 0.29) is 16.2 Å². The van der Waals surface area contributed by atoms with E-state index < -0.39 is 16.0 Å². The number of carbonyl (C=O) groups is 1. The number of amides is 1. The zero-order valence-electron chi connectivity index (χ0n) is 16.4. The largest absolute Gasteiger partial charge is 0.379 e. The van der Waals surface area contributed by atoms with Crippen molar-refractivity contribution in [2.75, 3.05) is 5.32 Å². The second-order valence-corrected chi connectivity index (χ2v) is 9.35. The van der Waals surface area contributed by atoms with Crippen LogP contribution in [-0.2, 0) is 14.9 Å². The van der Waals surface area contributed by atoms with Crippen LogP contribution in [0, 0.1) is 21.8 Å². The molecule has 1 N–H and O–H groups in total. The van der Waals surface area contributed by atoms with Gasteiger partial charge in [-0.05, 0) is 89.7 Å². The van der Waals surface area contributed by atoms with Gasteiger partial charge in [-0.15, -0.1) is 0 Å². The lowest BCUT2D eigenvalue weighted by molar-refractivity contribution is -0.112. The predicted molar refractivity (Wildman–Crippen MR) is 127 cm³/mol. The van der Waals surface area contributed by atoms with Crippen molar-refractivity contribution < 1.29 is 17.4 Å². The van der Waals surface area contributed by atoms with E-state index in [2.05, 4.69) is 27.9 Å². The first-order valence-corrected chi connectivity index (χ1v) is 11.6. The first-order chi connectivity index (χ1) is 14.8. The summed E-state index contributed by atoms with van der Waals surface area (Å²) in [5.74, 6) is -0.494. The van der Waals surface area contributed by atoms with Crippen LogP contribution in [0.1, 0.15) is 11.1 Å². The van der Waals surface area contributed by atoms with Crippen molar-refractivity contribution in [3.8, 4) is 11.8 Å². The van der Waals surface area contributed by atoms with Crippen molar-refractivity contribution in [1.82, 2.24) is 0 Å². The lowest BCUT2D eigenvalue weighted by Gasteiger charge is -2.08. The zero-order valence-corrected chi connectivity index (χ0v) is 19.3. The molecule has 3 aromatic carbocycles. The number of benzene rings is 3. The highest BCUT2D eigenvalue weighted by Gasteiger charge is 2.17. The quantitative estimate of drug-likeness (QED) is 0.206. The van der Waals surface area contributed by atoms with Crippen molar-refractivity contribution in [2.24, 2.45) is 0 Å². The SMILES string of the molecule is Cc1ccc(S(=O)(=O)Oc2cccc(/C=C(/C#N)C(=O)Nc3ccc(I)cc3)c2)cc1. The molecule has 156 valence electrons. The second-order valence-electron chi connectivity index (χ2n) is 6.55. The lowest BCUT2D eigenvalue weighted by Crippen LogP contribution is -2.13. The molecule has 31 heavy (non-hydrogen) atoms. The topological polar surface area (TPSA) is 96.3 Å². The summed E-state index contributed by atoms with van der Waals surface area (Å²) in [6.45, 7) is 1.86. The molecule has 6 nitrogen and oxygen atoms in total. The maximum Gasteiger partial charge on any atom is 0.339 e. The smallest absolute Gasteiger partial charge is 0.339 e. The summed E-state index contributed by atoms with van der Waals surface area (Å²) in [5, 5.41) is 12.1. The average molecular weight is 544 g/mol. The molecule has 0 atom stereocenters. The highest BCUT2D eigenvalue weighted by atomic mass is 127. The van der Waals surface area contributed by atoms with Crippen molar-refractivity contribution in [3.63, 3.8) is 0 Å². The minimum absolute atomic E-state index is 0.0358. The average Bonchev–Trinajstić information content (AvgIpc) is 2.74. The van der Waals surface area contributed by atoms with Crippen LogP contribution in [-0.4, -0.2) is 14.3 Å². The maximum absolute atomic E-state index is 12.5. The molecule has 3 rings (SSSR count). The molecule has 0 aliphatic rings. The summed E-state index contributed by atoms with van der Waals surface area (Å²) in [6.07, 6.45) is 1.37. The monoisotopic (exact) mass is 544 g/mol. The second kappa shape index (κ2) is 9.76. The number of aryl methyl sites for hydroxylation is 1. The number of nitrogens with zero attached hydrogens (tertiary/aromatic N) is 1. The van der Waals surface area contributed by atoms with E-state index in [4.69, 9.17) is 4.18 Å². The van der Waals surface area contributed by atoms with E-state index in [9.17, 15) is 18.5 Å². The molecule has 3 aromatic rings. The van der Waals surface area contributed by atoms with Crippen LogP contribution in [0.5, 0.6) is 5.75 Å². The van der Waals surface area contributed by atoms with Crippen molar-refractivity contribution in [3.05, 3.63) is 93.1 Å². The summed E-state index contributed by atoms with van der Waals surface area (Å²) in [5.41, 5.74) is 1.81. The Kier molecular flexibility index (Phi) is 7.09. The van der Waals surface area contributed by atoms with Crippen LogP contribution >= 0.6 is 22.6 Å². The molecule has 0 fully saturated rings. The van der Waals surface area contributed by atoms with Gasteiger partial charge in [-0.3, -0.25) is 4.79 Å². The van der Waals surface area contributed by atoms with E-state index in [1.165, 1.54) is 30.3 Å². The summed E-state index contributed by atoms with van der Waals surface area (Å²) < 4.78 is 31.2. The van der Waals surface area contributed by atoms with Gasteiger partial charge in [-0.2, -0.15) is 13.7 Å². The molecule has 8 heteroatoms. The van der Waals surface area contributed by atoms with Crippen LogP contribution in [0.4, 0.5) is 5.69 Å². The molecule has 1 amide bonds. The van der Waals surface area contributed by atoms with Crippen molar-refractivity contribution in [2.45, 2.75) is 11.8 Å². The van der Waals surface area contributed by atoms with Crippen molar-refractivity contribution in [1.29, 1.82) is 5.26 Å². The van der Waals surface area contributed by atoms with E-state index in [1.807, 2.05) is 25.1 Å². The molecule has 0 aromatic heterocycles. The Bertz CT molecular complexity index is 1280. The predicted octanol–water partition coefficient (Wildman–Crippen LogP) is 4.91. The molecule has 0 unspecified atom stereocenters. The highest BCUT2D eigenvalue weighted by molar-refractivity contribution is 14.1. The molecule has 0 saturated carbocycles. The van der Waals surface area contributed by atoms with Crippen LogP contribution in [0.15, 0.2) is 83.3 Å². The van der Waals surface area contributed by atoms with E-state index in [0.29, 0.717) is 11.3 Å². The van der Waals surface area contributed by atoms with Crippen LogP contribution in [0.25, 0.3) is 6.08 Å². The molecule has 0 aliphatic carbocycles. The van der Waals surface area contributed by atoms with E-state index >= 15 is 0 Å². The fourth-order valence-corrected chi connectivity index (χ4v) is 3.87. The third kappa shape index (κ3) is 6.16. The Balaban J connectivity index is 1.80. The Morgan fingerprint density at radius 1 is 1.06 bits per heavy atom. The standard InChI is InChI=1S/C23H17IN2O4S/c1-16-5-11-22(12-6-16)31(28,29)30-21-4-2-3-17(14-21)13-18(15-25)23(27)26-20-9-7-19(24)8-10-20/h2-14H,1H3,(H,26,27)/b18-13-. The first kappa shape index (κ1) is 22.5.